The van der Waals surface area contributed by atoms with Gasteiger partial charge in [-0.25, -0.2) is 4.79 Å². The Balaban J connectivity index is 1.94. The van der Waals surface area contributed by atoms with E-state index in [2.05, 4.69) is 4.74 Å². The Morgan fingerprint density at radius 1 is 1.36 bits per heavy atom. The third kappa shape index (κ3) is 0.988. The van der Waals surface area contributed by atoms with E-state index in [0.717, 1.165) is 0 Å². The number of nitrogens with zero attached hydrogens (tertiary/aromatic N) is 1. The van der Waals surface area contributed by atoms with E-state index in [1.807, 2.05) is 4.90 Å². The number of hydrogen-bond acceptors (Lipinski definition) is 2. The normalized spacial score (nSPS) is 34.5. The van der Waals surface area contributed by atoms with Crippen LogP contribution in [0.4, 0.5) is 4.79 Å². The van der Waals surface area contributed by atoms with Crippen LogP contribution in [0.5, 0.6) is 0 Å². The highest BCUT2D eigenvalue weighted by Gasteiger charge is 2.52. The summed E-state index contributed by atoms with van der Waals surface area (Å²) in [4.78, 5) is 12.9. The van der Waals surface area contributed by atoms with Gasteiger partial charge in [0.1, 0.15) is 0 Å². The predicted octanol–water partition coefficient (Wildman–Crippen LogP) is 1.38. The van der Waals surface area contributed by atoms with E-state index in [-0.39, 0.29) is 6.09 Å². The number of methoxy groups -OCH3 is 1. The van der Waals surface area contributed by atoms with Gasteiger partial charge in [-0.15, -0.1) is 0 Å². The molecule has 1 amide bonds. The summed E-state index contributed by atoms with van der Waals surface area (Å²) in [6, 6.07) is 1.05. The fourth-order valence-corrected chi connectivity index (χ4v) is 2.08. The molecule has 0 spiro atoms. The number of hydrogen-bond donors (Lipinski definition) is 0. The van der Waals surface area contributed by atoms with Crippen LogP contribution < -0.4 is 0 Å². The number of fused-ring (bicyclic) bond motifs is 1. The van der Waals surface area contributed by atoms with Crippen molar-refractivity contribution in [2.45, 2.75) is 37.8 Å². The molecule has 0 N–H and O–H groups in total. The zero-order chi connectivity index (χ0) is 7.84. The third-order valence-electron chi connectivity index (χ3n) is 2.70. The molecule has 1 saturated carbocycles. The average Bonchev–Trinajstić information content (AvgIpc) is 2.77. The van der Waals surface area contributed by atoms with Crippen LogP contribution in [0.2, 0.25) is 0 Å². The van der Waals surface area contributed by atoms with E-state index in [1.165, 1.54) is 32.8 Å². The first-order valence-corrected chi connectivity index (χ1v) is 4.21. The predicted molar refractivity (Wildman–Crippen MR) is 40.3 cm³/mol. The van der Waals surface area contributed by atoms with Gasteiger partial charge in [-0.05, 0) is 12.8 Å². The third-order valence-corrected chi connectivity index (χ3v) is 2.70. The topological polar surface area (TPSA) is 29.3 Å². The van der Waals surface area contributed by atoms with Gasteiger partial charge in [-0.2, -0.15) is 0 Å². The van der Waals surface area contributed by atoms with Crippen molar-refractivity contribution < 1.29 is 9.53 Å². The van der Waals surface area contributed by atoms with Crippen molar-refractivity contribution in [2.24, 2.45) is 0 Å². The van der Waals surface area contributed by atoms with Crippen LogP contribution in [0.25, 0.3) is 0 Å². The smallest absolute Gasteiger partial charge is 0.410 e. The van der Waals surface area contributed by atoms with Crippen LogP contribution in [0.1, 0.15) is 25.7 Å². The van der Waals surface area contributed by atoms with Crippen LogP contribution >= 0.6 is 0 Å². The first-order chi connectivity index (χ1) is 5.34. The van der Waals surface area contributed by atoms with Crippen LogP contribution in [0, 0.1) is 0 Å². The lowest BCUT2D eigenvalue weighted by atomic mass is 10.0. The number of ether oxygens (including phenoxy) is 1. The first kappa shape index (κ1) is 6.95. The zero-order valence-corrected chi connectivity index (χ0v) is 6.75. The molecular formula is C8H13NO2. The molecule has 0 aromatic heterocycles. The Kier molecular flexibility index (Phi) is 1.51. The van der Waals surface area contributed by atoms with Gasteiger partial charge in [-0.3, -0.25) is 4.90 Å². The molecule has 11 heavy (non-hydrogen) atoms. The van der Waals surface area contributed by atoms with Crippen molar-refractivity contribution >= 4 is 6.09 Å². The number of carbonyl (C=O) groups is 1. The zero-order valence-electron chi connectivity index (χ0n) is 6.75. The number of carbonyl (C=O) groups excluding carboxylic acids is 1. The highest BCUT2D eigenvalue weighted by Crippen LogP contribution is 2.40. The highest BCUT2D eigenvalue weighted by atomic mass is 16.5. The second-order valence-corrected chi connectivity index (χ2v) is 3.30. The van der Waals surface area contributed by atoms with E-state index in [9.17, 15) is 4.79 Å². The van der Waals surface area contributed by atoms with Gasteiger partial charge in [0.05, 0.1) is 19.2 Å². The summed E-state index contributed by atoms with van der Waals surface area (Å²) in [7, 11) is 1.45. The van der Waals surface area contributed by atoms with Crippen LogP contribution in [0.15, 0.2) is 0 Å². The van der Waals surface area contributed by atoms with Crippen molar-refractivity contribution in [2.75, 3.05) is 7.11 Å². The molecule has 0 bridgehead atoms. The molecule has 0 aromatic carbocycles. The molecule has 0 radical (unpaired) electrons. The number of amides is 1. The molecule has 2 unspecified atom stereocenters. The summed E-state index contributed by atoms with van der Waals surface area (Å²) in [5, 5.41) is 0. The molecule has 2 fully saturated rings. The van der Waals surface area contributed by atoms with Gasteiger partial charge in [0.25, 0.3) is 0 Å². The monoisotopic (exact) mass is 155 g/mol. The van der Waals surface area contributed by atoms with Gasteiger partial charge >= 0.3 is 6.09 Å². The van der Waals surface area contributed by atoms with Crippen molar-refractivity contribution in [3.63, 3.8) is 0 Å². The van der Waals surface area contributed by atoms with Gasteiger partial charge in [0.2, 0.25) is 0 Å². The molecular weight excluding hydrogens is 142 g/mol. The molecule has 2 atom stereocenters. The minimum Gasteiger partial charge on any atom is -0.453 e. The summed E-state index contributed by atoms with van der Waals surface area (Å²) in [5.41, 5.74) is 0. The summed E-state index contributed by atoms with van der Waals surface area (Å²) < 4.78 is 4.65. The molecule has 2 rings (SSSR count). The fourth-order valence-electron chi connectivity index (χ4n) is 2.08. The largest absolute Gasteiger partial charge is 0.453 e. The fraction of sp³-hybridized carbons (Fsp3) is 0.875. The second-order valence-electron chi connectivity index (χ2n) is 3.30. The molecule has 62 valence electrons. The molecule has 3 heteroatoms. The van der Waals surface area contributed by atoms with E-state index in [0.29, 0.717) is 12.1 Å². The maximum absolute atomic E-state index is 11.0. The van der Waals surface area contributed by atoms with Crippen molar-refractivity contribution in [1.82, 2.24) is 4.90 Å². The maximum Gasteiger partial charge on any atom is 0.410 e. The molecule has 1 saturated heterocycles. The lowest BCUT2D eigenvalue weighted by Crippen LogP contribution is -2.13. The van der Waals surface area contributed by atoms with Crippen LogP contribution in [-0.2, 0) is 4.74 Å². The minimum absolute atomic E-state index is 0.137. The van der Waals surface area contributed by atoms with Gasteiger partial charge in [0, 0.05) is 0 Å². The summed E-state index contributed by atoms with van der Waals surface area (Å²) in [6.45, 7) is 0. The second kappa shape index (κ2) is 2.40. The van der Waals surface area contributed by atoms with Crippen molar-refractivity contribution in [3.05, 3.63) is 0 Å². The Labute approximate surface area is 66.3 Å². The lowest BCUT2D eigenvalue weighted by Gasteiger charge is -2.01. The SMILES string of the molecule is COC(=O)N1C2CCCCC21. The van der Waals surface area contributed by atoms with Crippen molar-refractivity contribution in [1.29, 1.82) is 0 Å². The average molecular weight is 155 g/mol. The van der Waals surface area contributed by atoms with E-state index < -0.39 is 0 Å². The van der Waals surface area contributed by atoms with E-state index in [1.54, 1.807) is 0 Å². The Morgan fingerprint density at radius 2 is 1.91 bits per heavy atom. The van der Waals surface area contributed by atoms with Gasteiger partial charge in [0.15, 0.2) is 0 Å². The molecule has 3 nitrogen and oxygen atoms in total. The van der Waals surface area contributed by atoms with Gasteiger partial charge < -0.3 is 4.74 Å². The Hall–Kier alpha value is -0.730. The molecule has 1 aliphatic carbocycles. The van der Waals surface area contributed by atoms with E-state index in [4.69, 9.17) is 0 Å². The molecule has 0 aromatic rings. The summed E-state index contributed by atoms with van der Waals surface area (Å²) >= 11 is 0. The quantitative estimate of drug-likeness (QED) is 0.494. The number of likely N-dealkylation sites (tertiary alicyclic amines) is 1. The van der Waals surface area contributed by atoms with Crippen molar-refractivity contribution in [3.8, 4) is 0 Å². The standard InChI is InChI=1S/C8H13NO2/c1-11-8(10)9-6-4-2-3-5-7(6)9/h6-7H,2-5H2,1H3. The lowest BCUT2D eigenvalue weighted by molar-refractivity contribution is 0.150. The van der Waals surface area contributed by atoms with Gasteiger partial charge in [-0.1, -0.05) is 12.8 Å². The molecule has 1 heterocycles. The minimum atomic E-state index is -0.137. The maximum atomic E-state index is 11.0. The van der Waals surface area contributed by atoms with Crippen LogP contribution in [0.3, 0.4) is 0 Å². The number of rotatable bonds is 0. The molecule has 2 aliphatic rings. The summed E-state index contributed by atoms with van der Waals surface area (Å²) in [5.74, 6) is 0. The molecule has 1 aliphatic heterocycles. The Bertz CT molecular complexity index is 169. The Morgan fingerprint density at radius 3 is 2.36 bits per heavy atom. The first-order valence-electron chi connectivity index (χ1n) is 4.21. The van der Waals surface area contributed by atoms with Crippen LogP contribution in [-0.4, -0.2) is 30.2 Å². The van der Waals surface area contributed by atoms with E-state index >= 15 is 0 Å². The summed E-state index contributed by atoms with van der Waals surface area (Å²) in [6.07, 6.45) is 4.77. The highest BCUT2D eigenvalue weighted by molar-refractivity contribution is 5.72.